The van der Waals surface area contributed by atoms with Gasteiger partial charge in [-0.05, 0) is 56.1 Å². The standard InChI is InChI=1S/C16H25N3OS/c1-3-4-5-12-20-15-10-8-14(9-11-15)7-6-13(2)18-19-16(17)21/h8-11H,3-7,12H2,1-2H3,(H3,17,19,21)/b18-13+. The molecule has 116 valence electrons. The summed E-state index contributed by atoms with van der Waals surface area (Å²) >= 11 is 4.70. The lowest BCUT2D eigenvalue weighted by molar-refractivity contribution is 0.306. The minimum atomic E-state index is 0.193. The number of rotatable bonds is 9. The molecule has 0 aliphatic heterocycles. The van der Waals surface area contributed by atoms with E-state index in [0.717, 1.165) is 37.3 Å². The molecule has 0 atom stereocenters. The van der Waals surface area contributed by atoms with Crippen molar-refractivity contribution in [3.63, 3.8) is 0 Å². The number of hydrogen-bond acceptors (Lipinski definition) is 3. The van der Waals surface area contributed by atoms with Crippen LogP contribution in [-0.4, -0.2) is 17.4 Å². The topological polar surface area (TPSA) is 59.6 Å². The molecule has 0 amide bonds. The molecule has 3 N–H and O–H groups in total. The average molecular weight is 307 g/mol. The van der Waals surface area contributed by atoms with Crippen molar-refractivity contribution in [2.24, 2.45) is 10.8 Å². The van der Waals surface area contributed by atoms with Gasteiger partial charge in [-0.1, -0.05) is 31.9 Å². The molecule has 21 heavy (non-hydrogen) atoms. The van der Waals surface area contributed by atoms with Crippen LogP contribution in [-0.2, 0) is 6.42 Å². The van der Waals surface area contributed by atoms with Crippen LogP contribution in [0.4, 0.5) is 0 Å². The van der Waals surface area contributed by atoms with Gasteiger partial charge in [-0.15, -0.1) is 0 Å². The van der Waals surface area contributed by atoms with Crippen molar-refractivity contribution >= 4 is 23.0 Å². The maximum Gasteiger partial charge on any atom is 0.184 e. The van der Waals surface area contributed by atoms with Crippen LogP contribution >= 0.6 is 12.2 Å². The van der Waals surface area contributed by atoms with Crippen LogP contribution in [0.15, 0.2) is 29.4 Å². The molecule has 1 rings (SSSR count). The summed E-state index contributed by atoms with van der Waals surface area (Å²) in [6.45, 7) is 4.94. The third kappa shape index (κ3) is 8.30. The Balaban J connectivity index is 2.33. The van der Waals surface area contributed by atoms with Gasteiger partial charge in [0.15, 0.2) is 5.11 Å². The van der Waals surface area contributed by atoms with Crippen LogP contribution in [0.3, 0.4) is 0 Å². The van der Waals surface area contributed by atoms with Gasteiger partial charge in [0.25, 0.3) is 0 Å². The summed E-state index contributed by atoms with van der Waals surface area (Å²) in [4.78, 5) is 0. The second kappa shape index (κ2) is 10.2. The molecule has 0 aromatic heterocycles. The van der Waals surface area contributed by atoms with Gasteiger partial charge >= 0.3 is 0 Å². The molecule has 5 heteroatoms. The van der Waals surface area contributed by atoms with Gasteiger partial charge in [-0.2, -0.15) is 5.10 Å². The molecule has 1 aromatic rings. The molecule has 0 heterocycles. The Morgan fingerprint density at radius 2 is 2.00 bits per heavy atom. The fourth-order valence-corrected chi connectivity index (χ4v) is 1.87. The predicted molar refractivity (Wildman–Crippen MR) is 92.8 cm³/mol. The third-order valence-corrected chi connectivity index (χ3v) is 3.16. The molecule has 0 fully saturated rings. The monoisotopic (exact) mass is 307 g/mol. The van der Waals surface area contributed by atoms with Crippen molar-refractivity contribution in [2.75, 3.05) is 6.61 Å². The van der Waals surface area contributed by atoms with Crippen molar-refractivity contribution in [3.8, 4) is 5.75 Å². The smallest absolute Gasteiger partial charge is 0.184 e. The predicted octanol–water partition coefficient (Wildman–Crippen LogP) is 3.40. The molecule has 0 unspecified atom stereocenters. The summed E-state index contributed by atoms with van der Waals surface area (Å²) in [7, 11) is 0. The molecule has 0 bridgehead atoms. The van der Waals surface area contributed by atoms with Crippen molar-refractivity contribution in [2.45, 2.75) is 46.0 Å². The van der Waals surface area contributed by atoms with Crippen LogP contribution in [0.1, 0.15) is 45.1 Å². The van der Waals surface area contributed by atoms with E-state index in [1.807, 2.05) is 19.1 Å². The molecule has 0 saturated carbocycles. The highest BCUT2D eigenvalue weighted by molar-refractivity contribution is 7.80. The lowest BCUT2D eigenvalue weighted by atomic mass is 10.1. The van der Waals surface area contributed by atoms with E-state index >= 15 is 0 Å². The zero-order valence-corrected chi connectivity index (χ0v) is 13.7. The number of hydrogen-bond donors (Lipinski definition) is 2. The first kappa shape index (κ1) is 17.4. The van der Waals surface area contributed by atoms with Crippen molar-refractivity contribution in [1.29, 1.82) is 0 Å². The second-order valence-electron chi connectivity index (χ2n) is 5.02. The zero-order chi connectivity index (χ0) is 15.5. The first-order valence-corrected chi connectivity index (χ1v) is 7.83. The van der Waals surface area contributed by atoms with E-state index < -0.39 is 0 Å². The van der Waals surface area contributed by atoms with E-state index in [-0.39, 0.29) is 5.11 Å². The van der Waals surface area contributed by atoms with E-state index in [1.165, 1.54) is 18.4 Å². The zero-order valence-electron chi connectivity index (χ0n) is 12.9. The third-order valence-electron chi connectivity index (χ3n) is 3.07. The highest BCUT2D eigenvalue weighted by atomic mass is 32.1. The summed E-state index contributed by atoms with van der Waals surface area (Å²) in [6, 6.07) is 8.26. The van der Waals surface area contributed by atoms with E-state index in [0.29, 0.717) is 0 Å². The number of benzene rings is 1. The Kier molecular flexibility index (Phi) is 8.43. The van der Waals surface area contributed by atoms with E-state index in [9.17, 15) is 0 Å². The van der Waals surface area contributed by atoms with Gasteiger partial charge in [0.05, 0.1) is 6.61 Å². The lowest BCUT2D eigenvalue weighted by Gasteiger charge is -2.07. The lowest BCUT2D eigenvalue weighted by Crippen LogP contribution is -2.25. The summed E-state index contributed by atoms with van der Waals surface area (Å²) in [5.74, 6) is 0.940. The SMILES string of the molecule is CCCCCOc1ccc(CC/C(C)=N/NC(N)=S)cc1. The molecular formula is C16H25N3OS. The summed E-state index contributed by atoms with van der Waals surface area (Å²) in [5.41, 5.74) is 10.2. The quantitative estimate of drug-likeness (QED) is 0.318. The second-order valence-corrected chi connectivity index (χ2v) is 5.46. The first-order chi connectivity index (χ1) is 10.1. The first-order valence-electron chi connectivity index (χ1n) is 7.42. The molecule has 0 spiro atoms. The number of ether oxygens (including phenoxy) is 1. The minimum absolute atomic E-state index is 0.193. The number of nitrogens with zero attached hydrogens (tertiary/aromatic N) is 1. The van der Waals surface area contributed by atoms with Crippen molar-refractivity contribution < 1.29 is 4.74 Å². The Bertz CT molecular complexity index is 457. The van der Waals surface area contributed by atoms with Gasteiger partial charge in [0.2, 0.25) is 0 Å². The van der Waals surface area contributed by atoms with E-state index in [2.05, 4.69) is 29.6 Å². The summed E-state index contributed by atoms with van der Waals surface area (Å²) in [5, 5.41) is 4.28. The van der Waals surface area contributed by atoms with Crippen LogP contribution in [0.5, 0.6) is 5.75 Å². The summed E-state index contributed by atoms with van der Waals surface area (Å²) in [6.07, 6.45) is 5.35. The van der Waals surface area contributed by atoms with Crippen LogP contribution < -0.4 is 15.9 Å². The Morgan fingerprint density at radius 1 is 1.29 bits per heavy atom. The molecule has 0 saturated heterocycles. The number of hydrazone groups is 1. The number of thiocarbonyl (C=S) groups is 1. The maximum absolute atomic E-state index is 5.69. The van der Waals surface area contributed by atoms with Gasteiger partial charge < -0.3 is 10.5 Å². The van der Waals surface area contributed by atoms with Gasteiger partial charge in [-0.25, -0.2) is 0 Å². The number of nitrogens with one attached hydrogen (secondary N) is 1. The number of nitrogens with two attached hydrogens (primary N) is 1. The van der Waals surface area contributed by atoms with Crippen LogP contribution in [0.25, 0.3) is 0 Å². The van der Waals surface area contributed by atoms with E-state index in [1.54, 1.807) is 0 Å². The number of unbranched alkanes of at least 4 members (excludes halogenated alkanes) is 2. The molecule has 1 aromatic carbocycles. The number of aryl methyl sites for hydroxylation is 1. The van der Waals surface area contributed by atoms with Crippen molar-refractivity contribution in [1.82, 2.24) is 5.43 Å². The van der Waals surface area contributed by atoms with Crippen LogP contribution in [0.2, 0.25) is 0 Å². The largest absolute Gasteiger partial charge is 0.494 e. The highest BCUT2D eigenvalue weighted by Crippen LogP contribution is 2.14. The molecule has 0 aliphatic rings. The fourth-order valence-electron chi connectivity index (χ4n) is 1.83. The van der Waals surface area contributed by atoms with Gasteiger partial charge in [0.1, 0.15) is 5.75 Å². The summed E-state index contributed by atoms with van der Waals surface area (Å²) < 4.78 is 5.69. The molecule has 0 aliphatic carbocycles. The van der Waals surface area contributed by atoms with Crippen molar-refractivity contribution in [3.05, 3.63) is 29.8 Å². The Morgan fingerprint density at radius 3 is 2.62 bits per heavy atom. The highest BCUT2D eigenvalue weighted by Gasteiger charge is 1.98. The molecule has 0 radical (unpaired) electrons. The van der Waals surface area contributed by atoms with Gasteiger partial charge in [-0.3, -0.25) is 5.43 Å². The minimum Gasteiger partial charge on any atom is -0.494 e. The normalized spacial score (nSPS) is 11.2. The Labute approximate surface area is 132 Å². The van der Waals surface area contributed by atoms with E-state index in [4.69, 9.17) is 22.7 Å². The fraction of sp³-hybridized carbons (Fsp3) is 0.500. The van der Waals surface area contributed by atoms with Crippen LogP contribution in [0, 0.1) is 0 Å². The Hall–Kier alpha value is -1.62. The molecular weight excluding hydrogens is 282 g/mol. The van der Waals surface area contributed by atoms with Gasteiger partial charge in [0, 0.05) is 5.71 Å². The average Bonchev–Trinajstić information content (AvgIpc) is 2.48. The molecule has 4 nitrogen and oxygen atoms in total. The maximum atomic E-state index is 5.69.